The summed E-state index contributed by atoms with van der Waals surface area (Å²) < 4.78 is 10.8. The van der Waals surface area contributed by atoms with Crippen molar-refractivity contribution in [1.82, 2.24) is 0 Å². The number of hydrogen-bond donors (Lipinski definition) is 0. The van der Waals surface area contributed by atoms with E-state index < -0.39 is 5.97 Å². The highest BCUT2D eigenvalue weighted by atomic mass is 16.5. The zero-order valence-corrected chi connectivity index (χ0v) is 14.9. The number of carbonyl (C=O) groups is 3. The van der Waals surface area contributed by atoms with Crippen molar-refractivity contribution in [2.24, 2.45) is 23.7 Å². The van der Waals surface area contributed by atoms with Gasteiger partial charge in [0.15, 0.2) is 5.78 Å². The van der Waals surface area contributed by atoms with Crippen molar-refractivity contribution in [3.8, 4) is 0 Å². The molecule has 2 bridgehead atoms. The predicted octanol–water partition coefficient (Wildman–Crippen LogP) is 2.79. The zero-order valence-electron chi connectivity index (χ0n) is 14.9. The van der Waals surface area contributed by atoms with Gasteiger partial charge in [-0.2, -0.15) is 0 Å². The second-order valence-electron chi connectivity index (χ2n) is 7.33. The van der Waals surface area contributed by atoms with Crippen LogP contribution in [0.25, 0.3) is 5.57 Å². The minimum absolute atomic E-state index is 0.0125. The largest absolute Gasteiger partial charge is 0.463 e. The van der Waals surface area contributed by atoms with Gasteiger partial charge in [-0.25, -0.2) is 4.79 Å². The van der Waals surface area contributed by atoms with E-state index in [0.717, 1.165) is 12.0 Å². The Bertz CT molecular complexity index is 794. The van der Waals surface area contributed by atoms with Gasteiger partial charge in [0.05, 0.1) is 12.2 Å². The van der Waals surface area contributed by atoms with Crippen molar-refractivity contribution in [2.45, 2.75) is 32.8 Å². The Kier molecular flexibility index (Phi) is 4.17. The van der Waals surface area contributed by atoms with Crippen molar-refractivity contribution in [3.63, 3.8) is 0 Å². The number of ketones is 1. The lowest BCUT2D eigenvalue weighted by Crippen LogP contribution is -2.36. The summed E-state index contributed by atoms with van der Waals surface area (Å²) in [5.41, 5.74) is 1.74. The molecule has 26 heavy (non-hydrogen) atoms. The number of carbonyl (C=O) groups excluding carboxylic acids is 3. The van der Waals surface area contributed by atoms with Crippen LogP contribution in [0, 0.1) is 23.7 Å². The third-order valence-electron chi connectivity index (χ3n) is 5.97. The van der Waals surface area contributed by atoms with Crippen LogP contribution in [0.2, 0.25) is 0 Å². The molecule has 3 aliphatic rings. The molecule has 0 aliphatic heterocycles. The van der Waals surface area contributed by atoms with Gasteiger partial charge in [-0.3, -0.25) is 9.59 Å². The van der Waals surface area contributed by atoms with Gasteiger partial charge in [0.1, 0.15) is 6.10 Å². The Morgan fingerprint density at radius 2 is 1.85 bits per heavy atom. The summed E-state index contributed by atoms with van der Waals surface area (Å²) in [4.78, 5) is 37.5. The molecular formula is C21H22O5. The second-order valence-corrected chi connectivity index (χ2v) is 7.33. The average molecular weight is 354 g/mol. The molecular weight excluding hydrogens is 332 g/mol. The molecule has 3 aliphatic carbocycles. The van der Waals surface area contributed by atoms with Crippen LogP contribution in [-0.2, 0) is 23.9 Å². The van der Waals surface area contributed by atoms with E-state index in [1.807, 2.05) is 30.3 Å². The fourth-order valence-electron chi connectivity index (χ4n) is 5.24. The quantitative estimate of drug-likeness (QED) is 0.778. The zero-order chi connectivity index (χ0) is 18.4. The van der Waals surface area contributed by atoms with Gasteiger partial charge in [-0.1, -0.05) is 30.3 Å². The van der Waals surface area contributed by atoms with Crippen LogP contribution in [0.5, 0.6) is 0 Å². The average Bonchev–Trinajstić information content (AvgIpc) is 3.25. The van der Waals surface area contributed by atoms with E-state index in [9.17, 15) is 14.4 Å². The first-order chi connectivity index (χ1) is 12.5. The summed E-state index contributed by atoms with van der Waals surface area (Å²) in [5.74, 6) is -0.917. The van der Waals surface area contributed by atoms with Crippen LogP contribution in [0.1, 0.15) is 32.3 Å². The summed E-state index contributed by atoms with van der Waals surface area (Å²) in [5, 5.41) is 0. The Balaban J connectivity index is 1.79. The van der Waals surface area contributed by atoms with Crippen molar-refractivity contribution >= 4 is 23.3 Å². The standard InChI is InChI=1S/C21H22O5/c1-3-25-21(24)19-16(12-7-5-4-6-8-12)20(23)17-13-9-14(18(17)19)15(10-13)26-11(2)22/h4-8,13-15,17-18H,3,9-10H2,1-2H3/t13-,14+,15-,17-,18+/m0/s1. The topological polar surface area (TPSA) is 69.7 Å². The Hall–Kier alpha value is -2.43. The molecule has 0 amide bonds. The SMILES string of the molecule is CCOC(=O)C1=C(c2ccccc2)C(=O)[C@H]2[C@H]3C[C@@H]([C@@H]12)[C@@H](OC(C)=O)C3. The number of fused-ring (bicyclic) bond motifs is 5. The maximum atomic E-state index is 13.3. The van der Waals surface area contributed by atoms with Gasteiger partial charge in [-0.15, -0.1) is 0 Å². The highest BCUT2D eigenvalue weighted by Gasteiger charge is 2.62. The van der Waals surface area contributed by atoms with E-state index in [2.05, 4.69) is 0 Å². The molecule has 0 unspecified atom stereocenters. The third kappa shape index (κ3) is 2.49. The lowest BCUT2D eigenvalue weighted by molar-refractivity contribution is -0.150. The third-order valence-corrected chi connectivity index (χ3v) is 5.97. The Morgan fingerprint density at radius 1 is 1.12 bits per heavy atom. The molecule has 1 aromatic carbocycles. The number of hydrogen-bond acceptors (Lipinski definition) is 5. The first-order valence-electron chi connectivity index (χ1n) is 9.21. The molecule has 2 saturated carbocycles. The van der Waals surface area contributed by atoms with Crippen molar-refractivity contribution < 1.29 is 23.9 Å². The van der Waals surface area contributed by atoms with Gasteiger partial charge in [0.25, 0.3) is 0 Å². The minimum atomic E-state index is -0.415. The molecule has 0 spiro atoms. The monoisotopic (exact) mass is 354 g/mol. The summed E-state index contributed by atoms with van der Waals surface area (Å²) >= 11 is 0. The highest BCUT2D eigenvalue weighted by Crippen LogP contribution is 2.61. The van der Waals surface area contributed by atoms with E-state index in [1.54, 1.807) is 6.92 Å². The molecule has 0 heterocycles. The first-order valence-corrected chi connectivity index (χ1v) is 9.21. The van der Waals surface area contributed by atoms with Gasteiger partial charge >= 0.3 is 11.9 Å². The van der Waals surface area contributed by atoms with Gasteiger partial charge < -0.3 is 9.47 Å². The molecule has 5 heteroatoms. The molecule has 0 aromatic heterocycles. The van der Waals surface area contributed by atoms with Crippen molar-refractivity contribution in [1.29, 1.82) is 0 Å². The number of esters is 2. The highest BCUT2D eigenvalue weighted by molar-refractivity contribution is 6.30. The number of Topliss-reactive ketones (excluding diaryl/α,β-unsaturated/α-hetero) is 1. The van der Waals surface area contributed by atoms with Gasteiger partial charge in [-0.05, 0) is 31.2 Å². The van der Waals surface area contributed by atoms with Crippen molar-refractivity contribution in [2.75, 3.05) is 6.61 Å². The molecule has 136 valence electrons. The molecule has 0 saturated heterocycles. The van der Waals surface area contributed by atoms with Crippen LogP contribution < -0.4 is 0 Å². The van der Waals surface area contributed by atoms with Crippen LogP contribution in [0.4, 0.5) is 0 Å². The Labute approximate surface area is 152 Å². The van der Waals surface area contributed by atoms with Crippen LogP contribution >= 0.6 is 0 Å². The number of benzene rings is 1. The maximum absolute atomic E-state index is 13.3. The number of ether oxygens (including phenoxy) is 2. The van der Waals surface area contributed by atoms with Crippen LogP contribution in [0.15, 0.2) is 35.9 Å². The lowest BCUT2D eigenvalue weighted by Gasteiger charge is -2.31. The summed E-state index contributed by atoms with van der Waals surface area (Å²) in [6.07, 6.45) is 1.31. The van der Waals surface area contributed by atoms with Gasteiger partial charge in [0.2, 0.25) is 0 Å². The van der Waals surface area contributed by atoms with E-state index in [0.29, 0.717) is 17.6 Å². The van der Waals surface area contributed by atoms with Crippen LogP contribution in [0.3, 0.4) is 0 Å². The lowest BCUT2D eigenvalue weighted by atomic mass is 9.77. The number of allylic oxidation sites excluding steroid dienone is 1. The molecule has 0 radical (unpaired) electrons. The second kappa shape index (κ2) is 6.38. The molecule has 0 N–H and O–H groups in total. The molecule has 2 fully saturated rings. The van der Waals surface area contributed by atoms with Gasteiger partial charge in [0, 0.05) is 30.3 Å². The van der Waals surface area contributed by atoms with E-state index >= 15 is 0 Å². The predicted molar refractivity (Wildman–Crippen MR) is 93.8 cm³/mol. The molecule has 5 atom stereocenters. The van der Waals surface area contributed by atoms with Crippen molar-refractivity contribution in [3.05, 3.63) is 41.5 Å². The van der Waals surface area contributed by atoms with E-state index in [4.69, 9.17) is 9.47 Å². The summed E-state index contributed by atoms with van der Waals surface area (Å²) in [6, 6.07) is 9.33. The fraction of sp³-hybridized carbons (Fsp3) is 0.476. The Morgan fingerprint density at radius 3 is 2.50 bits per heavy atom. The first kappa shape index (κ1) is 17.0. The molecule has 5 nitrogen and oxygen atoms in total. The smallest absolute Gasteiger partial charge is 0.335 e. The molecule has 1 aromatic rings. The van der Waals surface area contributed by atoms with E-state index in [-0.39, 0.29) is 48.1 Å². The fourth-order valence-corrected chi connectivity index (χ4v) is 5.24. The maximum Gasteiger partial charge on any atom is 0.335 e. The summed E-state index contributed by atoms with van der Waals surface area (Å²) in [7, 11) is 0. The van der Waals surface area contributed by atoms with Crippen LogP contribution in [-0.4, -0.2) is 30.4 Å². The normalized spacial score (nSPS) is 31.9. The van der Waals surface area contributed by atoms with E-state index in [1.165, 1.54) is 6.92 Å². The number of rotatable bonds is 4. The summed E-state index contributed by atoms with van der Waals surface area (Å²) in [6.45, 7) is 3.43. The minimum Gasteiger partial charge on any atom is -0.463 e. The molecule has 4 rings (SSSR count).